The van der Waals surface area contributed by atoms with Gasteiger partial charge in [-0.2, -0.15) is 0 Å². The van der Waals surface area contributed by atoms with Crippen LogP contribution in [0, 0.1) is 0 Å². The zero-order chi connectivity index (χ0) is 24.2. The van der Waals surface area contributed by atoms with Gasteiger partial charge in [-0.1, -0.05) is 15.9 Å². The molecule has 2 aromatic carbocycles. The molecule has 0 bridgehead atoms. The summed E-state index contributed by atoms with van der Waals surface area (Å²) in [6.45, 7) is 3.25. The lowest BCUT2D eigenvalue weighted by molar-refractivity contribution is 0.0231. The summed E-state index contributed by atoms with van der Waals surface area (Å²) in [5.74, 6) is 0.333. The molecule has 180 valence electrons. The predicted octanol–water partition coefficient (Wildman–Crippen LogP) is 4.35. The Balaban J connectivity index is 1.70. The molecule has 1 amide bonds. The molecule has 10 nitrogen and oxygen atoms in total. The Labute approximate surface area is 204 Å². The van der Waals surface area contributed by atoms with Crippen molar-refractivity contribution in [3.8, 4) is 23.1 Å². The van der Waals surface area contributed by atoms with Gasteiger partial charge >= 0.3 is 0 Å². The van der Waals surface area contributed by atoms with Crippen molar-refractivity contribution in [2.24, 2.45) is 10.2 Å². The van der Waals surface area contributed by atoms with Gasteiger partial charge < -0.3 is 24.1 Å². The Bertz CT molecular complexity index is 1210. The van der Waals surface area contributed by atoms with E-state index >= 15 is 0 Å². The van der Waals surface area contributed by atoms with Crippen molar-refractivity contribution >= 4 is 38.4 Å². The second kappa shape index (κ2) is 10.4. The summed E-state index contributed by atoms with van der Waals surface area (Å²) in [5, 5.41) is 19.7. The maximum absolute atomic E-state index is 12.9. The number of halogens is 1. The van der Waals surface area contributed by atoms with E-state index in [2.05, 4.69) is 31.1 Å². The van der Waals surface area contributed by atoms with Crippen LogP contribution in [0.25, 0.3) is 10.9 Å². The van der Waals surface area contributed by atoms with Crippen LogP contribution < -0.4 is 14.2 Å². The quantitative estimate of drug-likeness (QED) is 0.450. The molecule has 4 rings (SSSR count). The number of hydrogen-bond acceptors (Lipinski definition) is 8. The summed E-state index contributed by atoms with van der Waals surface area (Å²) >= 11 is 3.46. The van der Waals surface area contributed by atoms with Crippen molar-refractivity contribution < 1.29 is 28.8 Å². The number of aromatic hydroxyl groups is 1. The number of hydrogen-bond donors (Lipinski definition) is 1. The van der Waals surface area contributed by atoms with Crippen LogP contribution in [-0.4, -0.2) is 68.1 Å². The molecule has 1 saturated heterocycles. The molecule has 0 atom stereocenters. The summed E-state index contributed by atoms with van der Waals surface area (Å²) in [4.78, 5) is 15.0. The van der Waals surface area contributed by atoms with E-state index in [0.29, 0.717) is 42.5 Å². The number of morpholine rings is 1. The first-order valence-corrected chi connectivity index (χ1v) is 11.3. The summed E-state index contributed by atoms with van der Waals surface area (Å²) in [6, 6.07) is 8.62. The van der Waals surface area contributed by atoms with Gasteiger partial charge in [-0.05, 0) is 30.3 Å². The Hall–Kier alpha value is -3.15. The Morgan fingerprint density at radius 3 is 2.38 bits per heavy atom. The lowest BCUT2D eigenvalue weighted by atomic mass is 10.1. The largest absolute Gasteiger partial charge is 0.493 e. The van der Waals surface area contributed by atoms with E-state index in [1.807, 2.05) is 18.2 Å². The van der Waals surface area contributed by atoms with Gasteiger partial charge in [-0.25, -0.2) is 0 Å². The number of amides is 1. The normalized spacial score (nSPS) is 14.6. The molecule has 3 aromatic rings. The van der Waals surface area contributed by atoms with E-state index in [4.69, 9.17) is 18.9 Å². The van der Waals surface area contributed by atoms with Crippen molar-refractivity contribution in [1.82, 2.24) is 9.47 Å². The van der Waals surface area contributed by atoms with Crippen LogP contribution in [0.3, 0.4) is 0 Å². The van der Waals surface area contributed by atoms with Crippen molar-refractivity contribution in [3.05, 3.63) is 40.4 Å². The molecule has 0 radical (unpaired) electrons. The third-order valence-electron chi connectivity index (χ3n) is 5.57. The summed E-state index contributed by atoms with van der Waals surface area (Å²) in [5.41, 5.74) is 1.20. The average Bonchev–Trinajstić information content (AvgIpc) is 3.11. The fraction of sp³-hybridized carbons (Fsp3) is 0.348. The third kappa shape index (κ3) is 4.72. The number of ether oxygens (including phenoxy) is 4. The first kappa shape index (κ1) is 24.0. The summed E-state index contributed by atoms with van der Waals surface area (Å²) < 4.78 is 23.9. The molecule has 0 spiro atoms. The minimum atomic E-state index is -0.622. The molecule has 1 fully saturated rings. The number of benzene rings is 2. The van der Waals surface area contributed by atoms with Gasteiger partial charge in [0.1, 0.15) is 0 Å². The van der Waals surface area contributed by atoms with Crippen molar-refractivity contribution in [2.45, 2.75) is 6.67 Å². The molecule has 1 aromatic heterocycles. The molecular formula is C23H25BrN4O6. The van der Waals surface area contributed by atoms with Gasteiger partial charge in [0.05, 0.1) is 52.3 Å². The van der Waals surface area contributed by atoms with Gasteiger partial charge in [0, 0.05) is 22.9 Å². The van der Waals surface area contributed by atoms with Gasteiger partial charge in [-0.15, -0.1) is 10.2 Å². The number of nitrogens with zero attached hydrogens (tertiary/aromatic N) is 4. The highest BCUT2D eigenvalue weighted by Crippen LogP contribution is 2.41. The van der Waals surface area contributed by atoms with Gasteiger partial charge in [0.2, 0.25) is 11.6 Å². The van der Waals surface area contributed by atoms with E-state index < -0.39 is 5.91 Å². The van der Waals surface area contributed by atoms with Crippen LogP contribution in [0.15, 0.2) is 45.0 Å². The number of azo groups is 1. The molecule has 0 aliphatic carbocycles. The van der Waals surface area contributed by atoms with Crippen LogP contribution in [0.4, 0.5) is 5.69 Å². The Morgan fingerprint density at radius 2 is 1.76 bits per heavy atom. The monoisotopic (exact) mass is 532 g/mol. The molecule has 0 saturated carbocycles. The smallest absolute Gasteiger partial charge is 0.295 e. The second-order valence-corrected chi connectivity index (χ2v) is 8.47. The number of aromatic nitrogens is 1. The minimum absolute atomic E-state index is 0.0685. The second-order valence-electron chi connectivity index (χ2n) is 7.55. The van der Waals surface area contributed by atoms with Crippen LogP contribution in [0.5, 0.6) is 23.1 Å². The van der Waals surface area contributed by atoms with E-state index in [1.54, 1.807) is 4.57 Å². The van der Waals surface area contributed by atoms with Gasteiger partial charge in [0.15, 0.2) is 17.2 Å². The van der Waals surface area contributed by atoms with Crippen LogP contribution in [-0.2, 0) is 11.4 Å². The Kier molecular flexibility index (Phi) is 7.35. The van der Waals surface area contributed by atoms with Crippen LogP contribution in [0.1, 0.15) is 10.4 Å². The SMILES string of the molecule is COc1cc(C(=O)N=Nc2c(O)n(CN3CCOCC3)c3ccc(Br)cc23)cc(OC)c1OC. The average molecular weight is 533 g/mol. The van der Waals surface area contributed by atoms with Crippen LogP contribution in [0.2, 0.25) is 0 Å². The van der Waals surface area contributed by atoms with Crippen molar-refractivity contribution in [1.29, 1.82) is 0 Å². The zero-order valence-electron chi connectivity index (χ0n) is 19.1. The van der Waals surface area contributed by atoms with Gasteiger partial charge in [0.25, 0.3) is 5.91 Å². The maximum atomic E-state index is 12.9. The number of fused-ring (bicyclic) bond motifs is 1. The van der Waals surface area contributed by atoms with E-state index in [9.17, 15) is 9.90 Å². The summed E-state index contributed by atoms with van der Waals surface area (Å²) in [7, 11) is 4.41. The first-order valence-electron chi connectivity index (χ1n) is 10.5. The standard InChI is InChI=1S/C23H25BrN4O6/c1-31-18-10-14(11-19(32-2)21(18)33-3)22(29)26-25-20-16-12-15(24)4-5-17(16)28(23(20)30)13-27-6-8-34-9-7-27/h4-5,10-12,30H,6-9,13H2,1-3H3. The predicted molar refractivity (Wildman–Crippen MR) is 129 cm³/mol. The fourth-order valence-corrected chi connectivity index (χ4v) is 4.20. The number of rotatable bonds is 7. The van der Waals surface area contributed by atoms with Crippen molar-refractivity contribution in [3.63, 3.8) is 0 Å². The molecule has 0 unspecified atom stereocenters. The molecule has 1 N–H and O–H groups in total. The summed E-state index contributed by atoms with van der Waals surface area (Å²) in [6.07, 6.45) is 0. The molecule has 1 aliphatic rings. The highest BCUT2D eigenvalue weighted by molar-refractivity contribution is 9.10. The van der Waals surface area contributed by atoms with E-state index in [1.165, 1.54) is 33.5 Å². The minimum Gasteiger partial charge on any atom is -0.493 e. The fourth-order valence-electron chi connectivity index (χ4n) is 3.84. The van der Waals surface area contributed by atoms with Crippen molar-refractivity contribution in [2.75, 3.05) is 47.6 Å². The molecule has 11 heteroatoms. The van der Waals surface area contributed by atoms with Crippen LogP contribution >= 0.6 is 15.9 Å². The lowest BCUT2D eigenvalue weighted by Crippen LogP contribution is -2.37. The van der Waals surface area contributed by atoms with Gasteiger partial charge in [-0.3, -0.25) is 14.3 Å². The van der Waals surface area contributed by atoms with E-state index in [0.717, 1.165) is 23.1 Å². The first-order chi connectivity index (χ1) is 16.5. The molecule has 2 heterocycles. The number of methoxy groups -OCH3 is 3. The third-order valence-corrected chi connectivity index (χ3v) is 6.06. The molecular weight excluding hydrogens is 508 g/mol. The zero-order valence-corrected chi connectivity index (χ0v) is 20.7. The molecule has 1 aliphatic heterocycles. The highest BCUT2D eigenvalue weighted by atomic mass is 79.9. The topological polar surface area (TPSA) is 107 Å². The number of carbonyl (C=O) groups is 1. The maximum Gasteiger partial charge on any atom is 0.295 e. The highest BCUT2D eigenvalue weighted by Gasteiger charge is 2.21. The molecule has 34 heavy (non-hydrogen) atoms. The lowest BCUT2D eigenvalue weighted by Gasteiger charge is -2.27. The van der Waals surface area contributed by atoms with E-state index in [-0.39, 0.29) is 17.1 Å². The number of carbonyl (C=O) groups excluding carboxylic acids is 1. The Morgan fingerprint density at radius 1 is 1.09 bits per heavy atom.